The van der Waals surface area contributed by atoms with E-state index < -0.39 is 24.4 Å². The van der Waals surface area contributed by atoms with Crippen LogP contribution in [0.15, 0.2) is 41.8 Å². The summed E-state index contributed by atoms with van der Waals surface area (Å²) in [6.07, 6.45) is 2.87. The number of esters is 1. The van der Waals surface area contributed by atoms with E-state index in [9.17, 15) is 18.4 Å². The fourth-order valence-electron chi connectivity index (χ4n) is 2.51. The second kappa shape index (κ2) is 7.30. The molecule has 2 heterocycles. The number of halogens is 2. The minimum absolute atomic E-state index is 0.00700. The normalized spacial score (nSPS) is 17.2. The lowest BCUT2D eigenvalue weighted by Gasteiger charge is -2.27. The van der Waals surface area contributed by atoms with E-state index in [0.717, 1.165) is 5.01 Å². The van der Waals surface area contributed by atoms with Crippen LogP contribution >= 0.6 is 0 Å². The van der Waals surface area contributed by atoms with Crippen LogP contribution in [0.3, 0.4) is 0 Å². The molecule has 0 saturated carbocycles. The van der Waals surface area contributed by atoms with Crippen molar-refractivity contribution in [3.8, 4) is 5.75 Å². The van der Waals surface area contributed by atoms with Crippen molar-refractivity contribution in [3.63, 3.8) is 0 Å². The molecule has 0 aliphatic carbocycles. The molecule has 1 atom stereocenters. The number of methoxy groups -OCH3 is 1. The highest BCUT2D eigenvalue weighted by atomic mass is 19.3. The van der Waals surface area contributed by atoms with Gasteiger partial charge in [0.05, 0.1) is 19.0 Å². The quantitative estimate of drug-likeness (QED) is 0.646. The van der Waals surface area contributed by atoms with Crippen molar-refractivity contribution in [2.45, 2.75) is 13.0 Å². The first kappa shape index (κ1) is 17.5. The lowest BCUT2D eigenvalue weighted by atomic mass is 9.95. The highest BCUT2D eigenvalue weighted by molar-refractivity contribution is 6.15. The number of carbonyl (C=O) groups excluding carboxylic acids is 2. The van der Waals surface area contributed by atoms with Gasteiger partial charge in [-0.05, 0) is 29.8 Å². The number of amides is 1. The van der Waals surface area contributed by atoms with E-state index in [0.29, 0.717) is 17.0 Å². The Morgan fingerprint density at radius 1 is 1.35 bits per heavy atom. The first-order valence-electron chi connectivity index (χ1n) is 7.53. The van der Waals surface area contributed by atoms with Gasteiger partial charge in [-0.2, -0.15) is 24.0 Å². The number of hydrogen-bond donors (Lipinski definition) is 1. The predicted molar refractivity (Wildman–Crippen MR) is 85.8 cm³/mol. The van der Waals surface area contributed by atoms with Crippen molar-refractivity contribution in [3.05, 3.63) is 42.2 Å². The summed E-state index contributed by atoms with van der Waals surface area (Å²) < 4.78 is 33.5. The molecule has 1 aromatic heterocycles. The number of rotatable bonds is 5. The average Bonchev–Trinajstić information content (AvgIpc) is 3.16. The average molecular weight is 364 g/mol. The van der Waals surface area contributed by atoms with Crippen LogP contribution in [-0.2, 0) is 14.3 Å². The second-order valence-corrected chi connectivity index (χ2v) is 5.34. The minimum atomic E-state index is -2.93. The van der Waals surface area contributed by atoms with Crippen molar-refractivity contribution >= 4 is 23.3 Å². The summed E-state index contributed by atoms with van der Waals surface area (Å²) >= 11 is 0. The third kappa shape index (κ3) is 3.53. The number of aromatic amines is 1. The van der Waals surface area contributed by atoms with E-state index in [1.54, 1.807) is 0 Å². The van der Waals surface area contributed by atoms with E-state index in [1.165, 1.54) is 43.8 Å². The molecule has 3 rings (SSSR count). The molecule has 0 saturated heterocycles. The van der Waals surface area contributed by atoms with E-state index in [-0.39, 0.29) is 12.2 Å². The van der Waals surface area contributed by atoms with Gasteiger partial charge in [0.25, 0.3) is 5.91 Å². The lowest BCUT2D eigenvalue weighted by molar-refractivity contribution is -0.149. The highest BCUT2D eigenvalue weighted by Gasteiger charge is 2.38. The van der Waals surface area contributed by atoms with Crippen LogP contribution in [0.1, 0.15) is 12.0 Å². The number of aromatic nitrogens is 2. The Morgan fingerprint density at radius 3 is 2.65 bits per heavy atom. The maximum absolute atomic E-state index is 12.5. The Balaban J connectivity index is 1.94. The Hall–Kier alpha value is -3.30. The molecule has 1 aromatic carbocycles. The van der Waals surface area contributed by atoms with Crippen LogP contribution in [0.25, 0.3) is 0 Å². The summed E-state index contributed by atoms with van der Waals surface area (Å²) in [4.78, 5) is 24.5. The Kier molecular flexibility index (Phi) is 4.92. The smallest absolute Gasteiger partial charge is 0.387 e. The summed E-state index contributed by atoms with van der Waals surface area (Å²) in [5, 5.41) is 11.7. The van der Waals surface area contributed by atoms with Gasteiger partial charge < -0.3 is 9.47 Å². The van der Waals surface area contributed by atoms with E-state index in [2.05, 4.69) is 20.0 Å². The van der Waals surface area contributed by atoms with Gasteiger partial charge in [-0.15, -0.1) is 0 Å². The van der Waals surface area contributed by atoms with Gasteiger partial charge in [-0.1, -0.05) is 0 Å². The van der Waals surface area contributed by atoms with E-state index >= 15 is 0 Å². The molecule has 0 fully saturated rings. The minimum Gasteiger partial charge on any atom is -0.468 e. The zero-order valence-electron chi connectivity index (χ0n) is 13.6. The molecular weight excluding hydrogens is 350 g/mol. The molecule has 0 spiro atoms. The second-order valence-electron chi connectivity index (χ2n) is 5.34. The summed E-state index contributed by atoms with van der Waals surface area (Å²) in [5.41, 5.74) is 1.34. The zero-order chi connectivity index (χ0) is 18.7. The number of alkyl halides is 2. The number of benzene rings is 1. The van der Waals surface area contributed by atoms with Crippen LogP contribution in [0, 0.1) is 5.92 Å². The summed E-state index contributed by atoms with van der Waals surface area (Å²) in [5.74, 6) is -2.31. The van der Waals surface area contributed by atoms with E-state index in [4.69, 9.17) is 4.74 Å². The molecular formula is C16H14F2N4O4. The van der Waals surface area contributed by atoms with Gasteiger partial charge in [-0.25, -0.2) is 0 Å². The van der Waals surface area contributed by atoms with Gasteiger partial charge in [0.2, 0.25) is 0 Å². The fourth-order valence-corrected chi connectivity index (χ4v) is 2.51. The van der Waals surface area contributed by atoms with Crippen molar-refractivity contribution in [2.24, 2.45) is 11.0 Å². The largest absolute Gasteiger partial charge is 0.468 e. The standard InChI is InChI=1S/C16H14F2N4O4/c1-25-15(24)12-6-13(9-2-4-11(5-3-9)26-16(17)18)21-22(14(12)23)10-7-19-20-8-10/h2-5,7-8,12,16H,6H2,1H3,(H,19,20). The number of nitrogens with zero attached hydrogens (tertiary/aromatic N) is 3. The number of hydrogen-bond acceptors (Lipinski definition) is 6. The van der Waals surface area contributed by atoms with Crippen LogP contribution < -0.4 is 9.75 Å². The number of nitrogens with one attached hydrogen (secondary N) is 1. The van der Waals surface area contributed by atoms with Crippen LogP contribution in [0.2, 0.25) is 0 Å². The first-order valence-corrected chi connectivity index (χ1v) is 7.53. The molecule has 1 aliphatic rings. The molecule has 2 aromatic rings. The summed E-state index contributed by atoms with van der Waals surface area (Å²) in [6.45, 7) is -2.93. The molecule has 0 bridgehead atoms. The molecule has 8 nitrogen and oxygen atoms in total. The number of anilines is 1. The summed E-state index contributed by atoms with van der Waals surface area (Å²) in [6, 6.07) is 5.76. The van der Waals surface area contributed by atoms with Crippen molar-refractivity contribution in [1.29, 1.82) is 0 Å². The van der Waals surface area contributed by atoms with Crippen molar-refractivity contribution < 1.29 is 27.8 Å². The van der Waals surface area contributed by atoms with Crippen LogP contribution in [-0.4, -0.2) is 41.5 Å². The van der Waals surface area contributed by atoms with Gasteiger partial charge in [0.1, 0.15) is 17.4 Å². The van der Waals surface area contributed by atoms with Crippen molar-refractivity contribution in [1.82, 2.24) is 10.2 Å². The Bertz CT molecular complexity index is 821. The van der Waals surface area contributed by atoms with Gasteiger partial charge in [0, 0.05) is 12.6 Å². The fraction of sp³-hybridized carbons (Fsp3) is 0.250. The van der Waals surface area contributed by atoms with Gasteiger partial charge >= 0.3 is 12.6 Å². The first-order chi connectivity index (χ1) is 12.5. The number of carbonyl (C=O) groups is 2. The predicted octanol–water partition coefficient (Wildman–Crippen LogP) is 1.94. The van der Waals surface area contributed by atoms with Crippen molar-refractivity contribution in [2.75, 3.05) is 12.1 Å². The molecule has 0 radical (unpaired) electrons. The van der Waals surface area contributed by atoms with Gasteiger partial charge in [-0.3, -0.25) is 14.7 Å². The third-order valence-electron chi connectivity index (χ3n) is 3.75. The number of ether oxygens (including phenoxy) is 2. The number of hydrazone groups is 1. The third-order valence-corrected chi connectivity index (χ3v) is 3.75. The highest BCUT2D eigenvalue weighted by Crippen LogP contribution is 2.26. The van der Waals surface area contributed by atoms with E-state index in [1.807, 2.05) is 0 Å². The SMILES string of the molecule is COC(=O)C1CC(c2ccc(OC(F)F)cc2)=NN(c2cn[nH]c2)C1=O. The monoisotopic (exact) mass is 364 g/mol. The Morgan fingerprint density at radius 2 is 2.08 bits per heavy atom. The molecule has 1 unspecified atom stereocenters. The maximum atomic E-state index is 12.5. The Labute approximate surface area is 146 Å². The molecule has 1 N–H and O–H groups in total. The van der Waals surface area contributed by atoms with Crippen LogP contribution in [0.5, 0.6) is 5.75 Å². The maximum Gasteiger partial charge on any atom is 0.387 e. The summed E-state index contributed by atoms with van der Waals surface area (Å²) in [7, 11) is 1.19. The number of H-pyrrole nitrogens is 1. The molecule has 1 amide bonds. The molecule has 10 heteroatoms. The van der Waals surface area contributed by atoms with Gasteiger partial charge in [0.15, 0.2) is 0 Å². The topological polar surface area (TPSA) is 96.9 Å². The lowest BCUT2D eigenvalue weighted by Crippen LogP contribution is -2.42. The molecule has 1 aliphatic heterocycles. The zero-order valence-corrected chi connectivity index (χ0v) is 13.6. The molecule has 26 heavy (non-hydrogen) atoms. The van der Waals surface area contributed by atoms with Crippen LogP contribution in [0.4, 0.5) is 14.5 Å². The molecule has 136 valence electrons.